The van der Waals surface area contributed by atoms with Crippen LogP contribution in [-0.2, 0) is 0 Å². The summed E-state index contributed by atoms with van der Waals surface area (Å²) in [6.07, 6.45) is 0. The van der Waals surface area contributed by atoms with Crippen LogP contribution >= 0.6 is 11.3 Å². The molecule has 0 spiro atoms. The number of benzene rings is 24. The lowest BCUT2D eigenvalue weighted by Crippen LogP contribution is -2.04. The zero-order valence-electron chi connectivity index (χ0n) is 76.5. The summed E-state index contributed by atoms with van der Waals surface area (Å²) in [5.41, 5.74) is 22.4. The van der Waals surface area contributed by atoms with Crippen LogP contribution in [0.2, 0.25) is 0 Å². The summed E-state index contributed by atoms with van der Waals surface area (Å²) in [5.74, 6) is 2.49. The second-order valence-electron chi connectivity index (χ2n) is 36.9. The van der Waals surface area contributed by atoms with Crippen LogP contribution in [0.25, 0.3) is 289 Å². The third-order valence-electron chi connectivity index (χ3n) is 29.1. The predicted octanol–water partition coefficient (Wildman–Crippen LogP) is 35.3. The molecule has 0 atom stereocenters. The van der Waals surface area contributed by atoms with Crippen molar-refractivity contribution in [3.63, 3.8) is 0 Å². The highest BCUT2D eigenvalue weighted by molar-refractivity contribution is 7.25. The fraction of sp³-hybridized carbons (Fsp3) is 0. The molecule has 10 heteroatoms. The number of thiophene rings is 1. The molecule has 7 heterocycles. The molecule has 0 aliphatic heterocycles. The minimum Gasteiger partial charge on any atom is -0.292 e. The zero-order chi connectivity index (χ0) is 93.1. The van der Waals surface area contributed by atoms with E-state index in [1.165, 1.54) is 172 Å². The molecular formula is C132H79N9S. The van der Waals surface area contributed by atoms with Gasteiger partial charge in [0.05, 0.1) is 66.2 Å². The molecule has 0 bridgehead atoms. The van der Waals surface area contributed by atoms with Crippen LogP contribution in [0, 0.1) is 0 Å². The molecule has 31 aromatic rings. The van der Waals surface area contributed by atoms with Gasteiger partial charge in [0.25, 0.3) is 0 Å². The minimum atomic E-state index is 0.827. The van der Waals surface area contributed by atoms with Crippen LogP contribution in [0.5, 0.6) is 0 Å². The lowest BCUT2D eigenvalue weighted by molar-refractivity contribution is 1.08. The van der Waals surface area contributed by atoms with Gasteiger partial charge in [-0.2, -0.15) is 0 Å². The molecule has 658 valence electrons. The van der Waals surface area contributed by atoms with Crippen molar-refractivity contribution in [3.8, 4) is 73.5 Å². The molecule has 31 rings (SSSR count). The van der Waals surface area contributed by atoms with Crippen molar-refractivity contribution < 1.29 is 0 Å². The zero-order valence-corrected chi connectivity index (χ0v) is 77.4. The Hall–Kier alpha value is -18.7. The van der Waals surface area contributed by atoms with Gasteiger partial charge in [-0.05, 0) is 193 Å². The molecule has 9 nitrogen and oxygen atoms in total. The van der Waals surface area contributed by atoms with Gasteiger partial charge < -0.3 is 0 Å². The third-order valence-corrected chi connectivity index (χ3v) is 30.2. The summed E-state index contributed by atoms with van der Waals surface area (Å²) in [7, 11) is 0. The van der Waals surface area contributed by atoms with E-state index in [1.54, 1.807) is 0 Å². The van der Waals surface area contributed by atoms with Gasteiger partial charge in [0.2, 0.25) is 0 Å². The highest BCUT2D eigenvalue weighted by Gasteiger charge is 2.28. The van der Waals surface area contributed by atoms with Crippen LogP contribution in [0.15, 0.2) is 479 Å². The maximum absolute atomic E-state index is 5.39. The number of fused-ring (bicyclic) bond motifs is 33. The van der Waals surface area contributed by atoms with Crippen LogP contribution in [0.4, 0.5) is 0 Å². The predicted molar refractivity (Wildman–Crippen MR) is 599 cm³/mol. The SMILES string of the molecule is c1ccc(-c2ccc(-c3nc4ccccc4nc3-n3c4ccccc4c4c5ccc6ccc7ccccc7c6c5ccc43)cc2)cc1.c1ccc(-c2ccc(-c3nc4ccccc4nc3-n3c4ccccc4c4ccc5c(ccc6ccc7ccccc7c65)c43)cc2)cc1.c1ccc2c(c1)ccc1ccc3c(ccc4c3c3ccccc3n4-c3nc4ccccc4nc3-c3ccc4c(c3)sc3ccccc34)c12. The standard InChI is InChI=1S/C44H25N3S.2C44H27N3/c1-2-10-29-26(9-1)17-18-27-19-22-33-32(41(27)29)23-24-38-42(33)34-12-3-7-15-37(34)47(38)44-43(45-35-13-5-6-14-36(35)46-44)28-20-21-31-30-11-4-8-16-39(30)48-40(31)25-28;1-2-10-28(11-3-1)29-18-22-32(23-19-29)43-44(46-38-16-8-7-15-37(38)45-43)47-39-17-9-6-14-36(39)42-35-25-24-31-21-20-30-12-4-5-13-33(30)41(31)34(35)26-27-40(42)47;1-2-10-28(11-3-1)29-18-22-32(23-19-29)42-44(46-39-16-8-7-15-38(39)45-42)47-40-17-9-6-14-34(40)36-27-26-35-37(43(36)47)25-24-31-21-20-30-12-4-5-13-33(30)41(31)35/h1-25H;2*1-27H. The van der Waals surface area contributed by atoms with E-state index >= 15 is 0 Å². The van der Waals surface area contributed by atoms with Crippen molar-refractivity contribution in [2.24, 2.45) is 0 Å². The lowest BCUT2D eigenvalue weighted by atomic mass is 9.94. The Morgan fingerprint density at radius 1 is 0.148 bits per heavy atom. The van der Waals surface area contributed by atoms with E-state index in [0.29, 0.717) is 0 Å². The minimum absolute atomic E-state index is 0.827. The van der Waals surface area contributed by atoms with Gasteiger partial charge in [-0.25, -0.2) is 29.9 Å². The van der Waals surface area contributed by atoms with E-state index in [-0.39, 0.29) is 0 Å². The maximum atomic E-state index is 5.39. The third kappa shape index (κ3) is 12.9. The Kier molecular flexibility index (Phi) is 18.4. The van der Waals surface area contributed by atoms with E-state index in [2.05, 4.69) is 444 Å². The second-order valence-corrected chi connectivity index (χ2v) is 38.0. The second kappa shape index (κ2) is 32.5. The Bertz CT molecular complexity index is 10700. The topological polar surface area (TPSA) is 92.1 Å². The van der Waals surface area contributed by atoms with E-state index < -0.39 is 0 Å². The van der Waals surface area contributed by atoms with E-state index in [4.69, 9.17) is 29.9 Å². The molecule has 0 radical (unpaired) electrons. The van der Waals surface area contributed by atoms with Crippen molar-refractivity contribution in [2.75, 3.05) is 0 Å². The normalized spacial score (nSPS) is 11.9. The van der Waals surface area contributed by atoms with Gasteiger partial charge >= 0.3 is 0 Å². The monoisotopic (exact) mass is 1820 g/mol. The van der Waals surface area contributed by atoms with E-state index in [9.17, 15) is 0 Å². The smallest absolute Gasteiger partial charge is 0.165 e. The quantitative estimate of drug-likeness (QED) is 0.141. The number of rotatable bonds is 8. The van der Waals surface area contributed by atoms with Crippen LogP contribution in [0.3, 0.4) is 0 Å². The first kappa shape index (κ1) is 80.5. The molecule has 7 aromatic heterocycles. The molecule has 24 aromatic carbocycles. The van der Waals surface area contributed by atoms with E-state index in [1.807, 2.05) is 59.9 Å². The van der Waals surface area contributed by atoms with Crippen LogP contribution in [-0.4, -0.2) is 43.6 Å². The average Bonchev–Trinajstić information content (AvgIpc) is 1.51. The van der Waals surface area contributed by atoms with Gasteiger partial charge in [0.15, 0.2) is 17.5 Å². The molecule has 0 N–H and O–H groups in total. The molecule has 0 saturated heterocycles. The summed E-state index contributed by atoms with van der Waals surface area (Å²) in [5, 5.41) is 32.5. The number of hydrogen-bond acceptors (Lipinski definition) is 7. The first-order chi connectivity index (χ1) is 70.4. The first-order valence-corrected chi connectivity index (χ1v) is 49.1. The summed E-state index contributed by atoms with van der Waals surface area (Å²) in [4.78, 5) is 32.0. The molecule has 0 fully saturated rings. The van der Waals surface area contributed by atoms with Gasteiger partial charge in [-0.15, -0.1) is 11.3 Å². The fourth-order valence-electron chi connectivity index (χ4n) is 22.6. The fourth-order valence-corrected chi connectivity index (χ4v) is 23.7. The summed E-state index contributed by atoms with van der Waals surface area (Å²) in [6.45, 7) is 0. The number of para-hydroxylation sites is 9. The largest absolute Gasteiger partial charge is 0.292 e. The van der Waals surface area contributed by atoms with Gasteiger partial charge in [-0.1, -0.05) is 400 Å². The highest BCUT2D eigenvalue weighted by atomic mass is 32.1. The first-order valence-electron chi connectivity index (χ1n) is 48.3. The summed E-state index contributed by atoms with van der Waals surface area (Å²) < 4.78 is 9.55. The van der Waals surface area contributed by atoms with Crippen LogP contribution < -0.4 is 0 Å². The number of hydrogen-bond donors (Lipinski definition) is 0. The van der Waals surface area contributed by atoms with Gasteiger partial charge in [0.1, 0.15) is 17.1 Å². The van der Waals surface area contributed by atoms with Gasteiger partial charge in [0, 0.05) is 74.6 Å². The van der Waals surface area contributed by atoms with Crippen molar-refractivity contribution in [3.05, 3.63) is 479 Å². The Morgan fingerprint density at radius 2 is 0.423 bits per heavy atom. The average molecular weight is 1820 g/mol. The Balaban J connectivity index is 0.000000102. The number of aromatic nitrogens is 9. The molecule has 0 amide bonds. The molecule has 142 heavy (non-hydrogen) atoms. The molecule has 0 unspecified atom stereocenters. The van der Waals surface area contributed by atoms with E-state index in [0.717, 1.165) is 117 Å². The maximum Gasteiger partial charge on any atom is 0.165 e. The highest BCUT2D eigenvalue weighted by Crippen LogP contribution is 2.49. The van der Waals surface area contributed by atoms with Crippen molar-refractivity contribution in [2.45, 2.75) is 0 Å². The summed E-state index contributed by atoms with van der Waals surface area (Å²) >= 11 is 1.83. The molecule has 0 saturated carbocycles. The van der Waals surface area contributed by atoms with Crippen molar-refractivity contribution in [1.29, 1.82) is 0 Å². The molecular weight excluding hydrogens is 1740 g/mol. The van der Waals surface area contributed by atoms with Crippen molar-refractivity contribution in [1.82, 2.24) is 43.6 Å². The summed E-state index contributed by atoms with van der Waals surface area (Å²) in [6, 6.07) is 171. The van der Waals surface area contributed by atoms with Crippen molar-refractivity contribution >= 4 is 227 Å². The van der Waals surface area contributed by atoms with Gasteiger partial charge in [-0.3, -0.25) is 13.7 Å². The lowest BCUT2D eigenvalue weighted by Gasteiger charge is -2.15. The molecule has 0 aliphatic rings. The Labute approximate surface area is 817 Å². The molecule has 0 aliphatic carbocycles. The van der Waals surface area contributed by atoms with Crippen LogP contribution in [0.1, 0.15) is 0 Å². The number of nitrogens with zero attached hydrogens (tertiary/aromatic N) is 9. The Morgan fingerprint density at radius 3 is 0.880 bits per heavy atom.